The van der Waals surface area contributed by atoms with Crippen LogP contribution in [0.25, 0.3) is 0 Å². The van der Waals surface area contributed by atoms with Gasteiger partial charge in [-0.1, -0.05) is 44.8 Å². The Labute approximate surface area is 126 Å². The van der Waals surface area contributed by atoms with Crippen LogP contribution in [0.5, 0.6) is 0 Å². The molecular formula is C16H14O2S2. The van der Waals surface area contributed by atoms with Crippen LogP contribution in [-0.4, -0.2) is 12.6 Å². The molecule has 0 aromatic heterocycles. The predicted molar refractivity (Wildman–Crippen MR) is 84.8 cm³/mol. The van der Waals surface area contributed by atoms with Gasteiger partial charge >= 0.3 is 0 Å². The number of carbonyl (C=O) groups is 2. The number of hydrogen-bond donors (Lipinski definition) is 0. The second kappa shape index (κ2) is 6.77. The second-order valence-electron chi connectivity index (χ2n) is 4.48. The van der Waals surface area contributed by atoms with Gasteiger partial charge in [0, 0.05) is 20.9 Å². The Bertz CT molecular complexity index is 593. The Morgan fingerprint density at radius 1 is 0.750 bits per heavy atom. The van der Waals surface area contributed by atoms with Crippen molar-refractivity contribution < 1.29 is 9.59 Å². The normalized spacial score (nSPS) is 10.3. The van der Waals surface area contributed by atoms with Gasteiger partial charge in [0.2, 0.25) is 0 Å². The maximum absolute atomic E-state index is 11.1. The number of rotatable bonds is 5. The molecule has 2 nitrogen and oxygen atoms in total. The zero-order valence-electron chi connectivity index (χ0n) is 11.3. The van der Waals surface area contributed by atoms with E-state index in [1.54, 1.807) is 0 Å². The fraction of sp³-hybridized carbons (Fsp3) is 0.125. The van der Waals surface area contributed by atoms with E-state index in [9.17, 15) is 9.59 Å². The molecule has 102 valence electrons. The molecule has 0 saturated heterocycles. The smallest absolute Gasteiger partial charge is 0.151 e. The van der Waals surface area contributed by atoms with Crippen molar-refractivity contribution >= 4 is 34.2 Å². The van der Waals surface area contributed by atoms with Crippen LogP contribution >= 0.6 is 21.6 Å². The lowest BCUT2D eigenvalue weighted by atomic mass is 10.2. The monoisotopic (exact) mass is 302 g/mol. The van der Waals surface area contributed by atoms with Gasteiger partial charge in [-0.15, -0.1) is 0 Å². The molecule has 0 aliphatic heterocycles. The maximum atomic E-state index is 11.1. The molecule has 0 unspecified atom stereocenters. The third-order valence-electron chi connectivity index (χ3n) is 2.81. The lowest BCUT2D eigenvalue weighted by Gasteiger charge is -2.07. The maximum Gasteiger partial charge on any atom is 0.151 e. The van der Waals surface area contributed by atoms with Crippen molar-refractivity contribution in [2.45, 2.75) is 23.6 Å². The molecule has 0 spiro atoms. The Morgan fingerprint density at radius 2 is 1.15 bits per heavy atom. The van der Waals surface area contributed by atoms with Crippen LogP contribution in [0.1, 0.15) is 31.8 Å². The van der Waals surface area contributed by atoms with Crippen molar-refractivity contribution in [1.29, 1.82) is 0 Å². The van der Waals surface area contributed by atoms with E-state index in [1.807, 2.05) is 50.2 Å². The van der Waals surface area contributed by atoms with E-state index < -0.39 is 0 Å². The van der Waals surface area contributed by atoms with Gasteiger partial charge in [-0.25, -0.2) is 0 Å². The fourth-order valence-electron chi connectivity index (χ4n) is 1.76. The minimum atomic E-state index is 0.683. The minimum Gasteiger partial charge on any atom is -0.298 e. The summed E-state index contributed by atoms with van der Waals surface area (Å²) in [4.78, 5) is 24.0. The zero-order valence-corrected chi connectivity index (χ0v) is 12.9. The molecule has 0 heterocycles. The Morgan fingerprint density at radius 3 is 1.50 bits per heavy atom. The molecule has 0 saturated carbocycles. The molecule has 0 atom stereocenters. The third kappa shape index (κ3) is 3.52. The van der Waals surface area contributed by atoms with E-state index in [4.69, 9.17) is 0 Å². The summed E-state index contributed by atoms with van der Waals surface area (Å²) < 4.78 is 0. The number of hydrogen-bond acceptors (Lipinski definition) is 4. The molecule has 0 bridgehead atoms. The lowest BCUT2D eigenvalue weighted by molar-refractivity contribution is 0.111. The first-order valence-electron chi connectivity index (χ1n) is 6.10. The highest BCUT2D eigenvalue weighted by Gasteiger charge is 2.07. The summed E-state index contributed by atoms with van der Waals surface area (Å²) in [5.74, 6) is 0. The van der Waals surface area contributed by atoms with Gasteiger partial charge in [0.25, 0.3) is 0 Å². The topological polar surface area (TPSA) is 34.1 Å². The van der Waals surface area contributed by atoms with E-state index in [1.165, 1.54) is 21.6 Å². The summed E-state index contributed by atoms with van der Waals surface area (Å²) in [6.07, 6.45) is 1.73. The van der Waals surface area contributed by atoms with Crippen molar-refractivity contribution in [3.05, 3.63) is 58.7 Å². The van der Waals surface area contributed by atoms with Gasteiger partial charge in [-0.05, 0) is 38.1 Å². The first kappa shape index (κ1) is 14.9. The molecule has 0 N–H and O–H groups in total. The summed E-state index contributed by atoms with van der Waals surface area (Å²) >= 11 is 0. The van der Waals surface area contributed by atoms with Gasteiger partial charge < -0.3 is 0 Å². The van der Waals surface area contributed by atoms with Crippen LogP contribution in [0.2, 0.25) is 0 Å². The zero-order chi connectivity index (χ0) is 14.5. The molecule has 2 aromatic rings. The molecule has 2 rings (SSSR count). The van der Waals surface area contributed by atoms with Gasteiger partial charge in [0.1, 0.15) is 0 Å². The summed E-state index contributed by atoms with van der Waals surface area (Å²) in [6, 6.07) is 11.6. The van der Waals surface area contributed by atoms with E-state index in [-0.39, 0.29) is 0 Å². The Kier molecular flexibility index (Phi) is 5.04. The molecule has 2 aromatic carbocycles. The van der Waals surface area contributed by atoms with Crippen molar-refractivity contribution in [1.82, 2.24) is 0 Å². The SMILES string of the molecule is Cc1ccc(SSc2ccc(C)cc2C=O)c(C=O)c1. The Hall–Kier alpha value is -1.52. The number of aldehydes is 2. The first-order chi connectivity index (χ1) is 9.63. The van der Waals surface area contributed by atoms with Crippen molar-refractivity contribution in [3.8, 4) is 0 Å². The van der Waals surface area contributed by atoms with Crippen LogP contribution in [-0.2, 0) is 0 Å². The second-order valence-corrected chi connectivity index (χ2v) is 6.70. The van der Waals surface area contributed by atoms with Gasteiger partial charge in [0.15, 0.2) is 12.6 Å². The van der Waals surface area contributed by atoms with Crippen LogP contribution in [0.15, 0.2) is 46.2 Å². The number of aryl methyl sites for hydroxylation is 2. The summed E-state index contributed by atoms with van der Waals surface area (Å²) in [6.45, 7) is 3.91. The standard InChI is InChI=1S/C16H14O2S2/c1-11-3-5-15(13(7-11)9-17)19-20-16-6-4-12(2)8-14(16)10-18/h3-10H,1-2H3. The molecule has 20 heavy (non-hydrogen) atoms. The van der Waals surface area contributed by atoms with Crippen LogP contribution < -0.4 is 0 Å². The highest BCUT2D eigenvalue weighted by Crippen LogP contribution is 2.40. The van der Waals surface area contributed by atoms with E-state index in [2.05, 4.69) is 0 Å². The van der Waals surface area contributed by atoms with Gasteiger partial charge in [-0.2, -0.15) is 0 Å². The highest BCUT2D eigenvalue weighted by atomic mass is 33.1. The lowest BCUT2D eigenvalue weighted by Crippen LogP contribution is -1.87. The molecule has 0 aliphatic rings. The van der Waals surface area contributed by atoms with Crippen molar-refractivity contribution in [2.24, 2.45) is 0 Å². The summed E-state index contributed by atoms with van der Waals surface area (Å²) in [5.41, 5.74) is 3.49. The average Bonchev–Trinajstić information content (AvgIpc) is 2.46. The largest absolute Gasteiger partial charge is 0.298 e. The molecule has 4 heteroatoms. The van der Waals surface area contributed by atoms with Crippen LogP contribution in [0.3, 0.4) is 0 Å². The molecule has 0 radical (unpaired) electrons. The minimum absolute atomic E-state index is 0.683. The number of benzene rings is 2. The third-order valence-corrected chi connectivity index (χ3v) is 5.32. The molecule has 0 aliphatic carbocycles. The predicted octanol–water partition coefficient (Wildman–Crippen LogP) is 4.73. The van der Waals surface area contributed by atoms with Crippen molar-refractivity contribution in [3.63, 3.8) is 0 Å². The quantitative estimate of drug-likeness (QED) is 0.591. The van der Waals surface area contributed by atoms with Crippen LogP contribution in [0.4, 0.5) is 0 Å². The van der Waals surface area contributed by atoms with Crippen molar-refractivity contribution in [2.75, 3.05) is 0 Å². The summed E-state index contributed by atoms with van der Waals surface area (Å²) in [7, 11) is 2.99. The molecular weight excluding hydrogens is 288 g/mol. The Balaban J connectivity index is 2.21. The van der Waals surface area contributed by atoms with E-state index >= 15 is 0 Å². The van der Waals surface area contributed by atoms with E-state index in [0.717, 1.165) is 33.5 Å². The average molecular weight is 302 g/mol. The highest BCUT2D eigenvalue weighted by molar-refractivity contribution is 8.76. The van der Waals surface area contributed by atoms with Crippen LogP contribution in [0, 0.1) is 13.8 Å². The fourth-order valence-corrected chi connectivity index (χ4v) is 4.04. The van der Waals surface area contributed by atoms with Gasteiger partial charge in [0.05, 0.1) is 0 Å². The summed E-state index contributed by atoms with van der Waals surface area (Å²) in [5, 5.41) is 0. The van der Waals surface area contributed by atoms with E-state index in [0.29, 0.717) is 11.1 Å². The molecule has 0 fully saturated rings. The first-order valence-corrected chi connectivity index (χ1v) is 8.25. The number of carbonyl (C=O) groups excluding carboxylic acids is 2. The van der Waals surface area contributed by atoms with Gasteiger partial charge in [-0.3, -0.25) is 9.59 Å². The molecule has 0 amide bonds.